The minimum absolute atomic E-state index is 0. The Kier molecular flexibility index (Phi) is 7.53. The fourth-order valence-electron chi connectivity index (χ4n) is 3.23. The van der Waals surface area contributed by atoms with Crippen molar-refractivity contribution in [3.8, 4) is 23.1 Å². The van der Waals surface area contributed by atoms with Gasteiger partial charge in [0.05, 0.1) is 23.4 Å². The lowest BCUT2D eigenvalue weighted by Crippen LogP contribution is -2.30. The number of nitrogens with two attached hydrogens (primary N) is 1. The van der Waals surface area contributed by atoms with Gasteiger partial charge in [-0.15, -0.1) is 12.4 Å². The Hall–Kier alpha value is -4.03. The monoisotopic (exact) mass is 461 g/mol. The standard InChI is InChI=1S/C24H19N5O3.ClH/c25-28-24(32)19-14-22(27-21-7-9-26-15-20(19)21)18-5-3-16(4-6-18)1-2-17-8-10-29(11-12-30)23(31)13-17;/h3-10,13-15,30H,11-12,25H2,(H,28,32);1H. The third kappa shape index (κ3) is 5.25. The number of halogens is 1. The predicted octanol–water partition coefficient (Wildman–Crippen LogP) is 1.88. The number of nitrogens with one attached hydrogen (secondary N) is 1. The van der Waals surface area contributed by atoms with Gasteiger partial charge in [-0.25, -0.2) is 10.8 Å². The highest BCUT2D eigenvalue weighted by molar-refractivity contribution is 6.06. The summed E-state index contributed by atoms with van der Waals surface area (Å²) in [5.41, 5.74) is 5.76. The summed E-state index contributed by atoms with van der Waals surface area (Å²) in [6, 6.07) is 14.0. The highest BCUT2D eigenvalue weighted by Crippen LogP contribution is 2.24. The second kappa shape index (κ2) is 10.5. The Labute approximate surface area is 195 Å². The zero-order chi connectivity index (χ0) is 22.5. The molecule has 8 nitrogen and oxygen atoms in total. The average Bonchev–Trinajstić information content (AvgIpc) is 2.83. The number of aliphatic hydroxyl groups excluding tert-OH is 1. The number of hydrogen-bond acceptors (Lipinski definition) is 6. The largest absolute Gasteiger partial charge is 0.395 e. The normalized spacial score (nSPS) is 10.1. The molecule has 4 N–H and O–H groups in total. The van der Waals surface area contributed by atoms with E-state index in [0.29, 0.717) is 27.7 Å². The average molecular weight is 462 g/mol. The second-order valence-electron chi connectivity index (χ2n) is 6.92. The number of nitrogen functional groups attached to an aromatic ring is 1. The van der Waals surface area contributed by atoms with Crippen LogP contribution in [0.2, 0.25) is 0 Å². The number of nitrogens with zero attached hydrogens (tertiary/aromatic N) is 3. The Morgan fingerprint density at radius 2 is 1.85 bits per heavy atom. The van der Waals surface area contributed by atoms with Gasteiger partial charge in [0.1, 0.15) is 0 Å². The number of benzene rings is 1. The molecule has 0 aliphatic heterocycles. The van der Waals surface area contributed by atoms with Crippen LogP contribution in [0.1, 0.15) is 21.5 Å². The molecule has 1 amide bonds. The van der Waals surface area contributed by atoms with Gasteiger partial charge in [0.15, 0.2) is 0 Å². The summed E-state index contributed by atoms with van der Waals surface area (Å²) in [4.78, 5) is 32.9. The SMILES string of the molecule is Cl.NNC(=O)c1cc(-c2ccc(C#Cc3ccn(CCO)c(=O)c3)cc2)nc2ccncc12. The van der Waals surface area contributed by atoms with Crippen molar-refractivity contribution < 1.29 is 9.90 Å². The van der Waals surface area contributed by atoms with Gasteiger partial charge in [-0.1, -0.05) is 24.0 Å². The van der Waals surface area contributed by atoms with Crippen LogP contribution in [0, 0.1) is 11.8 Å². The number of amides is 1. The lowest BCUT2D eigenvalue weighted by atomic mass is 10.0. The van der Waals surface area contributed by atoms with Crippen LogP contribution in [0.5, 0.6) is 0 Å². The van der Waals surface area contributed by atoms with Gasteiger partial charge in [-0.3, -0.25) is 20.0 Å². The summed E-state index contributed by atoms with van der Waals surface area (Å²) in [5.74, 6) is 10.9. The number of hydrogen-bond donors (Lipinski definition) is 3. The maximum Gasteiger partial charge on any atom is 0.265 e. The second-order valence-corrected chi connectivity index (χ2v) is 6.92. The van der Waals surface area contributed by atoms with E-state index in [-0.39, 0.29) is 31.1 Å². The van der Waals surface area contributed by atoms with E-state index in [9.17, 15) is 9.59 Å². The van der Waals surface area contributed by atoms with Crippen molar-refractivity contribution >= 4 is 29.2 Å². The van der Waals surface area contributed by atoms with Gasteiger partial charge in [0.2, 0.25) is 0 Å². The molecule has 1 aromatic carbocycles. The van der Waals surface area contributed by atoms with Crippen molar-refractivity contribution in [3.63, 3.8) is 0 Å². The smallest absolute Gasteiger partial charge is 0.265 e. The molecular weight excluding hydrogens is 442 g/mol. The summed E-state index contributed by atoms with van der Waals surface area (Å²) in [5, 5.41) is 9.57. The molecule has 166 valence electrons. The van der Waals surface area contributed by atoms with Crippen molar-refractivity contribution in [3.05, 3.63) is 94.2 Å². The van der Waals surface area contributed by atoms with Crippen LogP contribution in [0.15, 0.2) is 71.9 Å². The molecule has 0 bridgehead atoms. The molecule has 0 atom stereocenters. The molecule has 0 fully saturated rings. The molecular formula is C24H20ClN5O3. The number of pyridine rings is 3. The molecule has 0 saturated carbocycles. The first-order chi connectivity index (χ1) is 15.6. The summed E-state index contributed by atoms with van der Waals surface area (Å²) >= 11 is 0. The molecule has 33 heavy (non-hydrogen) atoms. The van der Waals surface area contributed by atoms with Crippen LogP contribution in [-0.4, -0.2) is 32.2 Å². The van der Waals surface area contributed by atoms with Crippen molar-refractivity contribution in [1.82, 2.24) is 20.0 Å². The minimum atomic E-state index is -0.421. The molecule has 0 unspecified atom stereocenters. The Morgan fingerprint density at radius 1 is 1.09 bits per heavy atom. The molecule has 4 rings (SSSR count). The van der Waals surface area contributed by atoms with Crippen molar-refractivity contribution in [1.29, 1.82) is 0 Å². The highest BCUT2D eigenvalue weighted by atomic mass is 35.5. The van der Waals surface area contributed by atoms with Crippen LogP contribution in [0.3, 0.4) is 0 Å². The summed E-state index contributed by atoms with van der Waals surface area (Å²) in [7, 11) is 0. The van der Waals surface area contributed by atoms with E-state index in [4.69, 9.17) is 10.9 Å². The number of hydrazine groups is 1. The van der Waals surface area contributed by atoms with E-state index >= 15 is 0 Å². The van der Waals surface area contributed by atoms with Gasteiger partial charge in [-0.2, -0.15) is 0 Å². The number of carbonyl (C=O) groups excluding carboxylic acids is 1. The van der Waals surface area contributed by atoms with Gasteiger partial charge < -0.3 is 9.67 Å². The fourth-order valence-corrected chi connectivity index (χ4v) is 3.23. The molecule has 0 spiro atoms. The van der Waals surface area contributed by atoms with Crippen LogP contribution >= 0.6 is 12.4 Å². The van der Waals surface area contributed by atoms with E-state index < -0.39 is 5.91 Å². The summed E-state index contributed by atoms with van der Waals surface area (Å²) in [6.45, 7) is 0.153. The summed E-state index contributed by atoms with van der Waals surface area (Å²) in [6.07, 6.45) is 4.81. The quantitative estimate of drug-likeness (QED) is 0.184. The van der Waals surface area contributed by atoms with E-state index in [1.807, 2.05) is 24.3 Å². The zero-order valence-electron chi connectivity index (χ0n) is 17.4. The Morgan fingerprint density at radius 3 is 2.55 bits per heavy atom. The van der Waals surface area contributed by atoms with Gasteiger partial charge in [-0.05, 0) is 30.3 Å². The maximum atomic E-state index is 12.2. The molecule has 0 saturated heterocycles. The van der Waals surface area contributed by atoms with Crippen LogP contribution < -0.4 is 16.8 Å². The first-order valence-electron chi connectivity index (χ1n) is 9.78. The van der Waals surface area contributed by atoms with E-state index in [0.717, 1.165) is 11.1 Å². The van der Waals surface area contributed by atoms with E-state index in [1.54, 1.807) is 36.8 Å². The lowest BCUT2D eigenvalue weighted by molar-refractivity contribution is 0.0955. The van der Waals surface area contributed by atoms with Crippen LogP contribution in [-0.2, 0) is 6.54 Å². The fraction of sp³-hybridized carbons (Fsp3) is 0.0833. The third-order valence-corrected chi connectivity index (χ3v) is 4.85. The van der Waals surface area contributed by atoms with Crippen molar-refractivity contribution in [2.45, 2.75) is 6.54 Å². The number of aliphatic hydroxyl groups is 1. The van der Waals surface area contributed by atoms with E-state index in [1.165, 1.54) is 10.6 Å². The topological polar surface area (TPSA) is 123 Å². The zero-order valence-corrected chi connectivity index (χ0v) is 18.2. The number of fused-ring (bicyclic) bond motifs is 1. The van der Waals surface area contributed by atoms with Gasteiger partial charge in [0, 0.05) is 53.3 Å². The molecule has 0 aliphatic carbocycles. The first kappa shape index (κ1) is 23.6. The van der Waals surface area contributed by atoms with Crippen LogP contribution in [0.25, 0.3) is 22.2 Å². The molecule has 0 aliphatic rings. The Bertz CT molecular complexity index is 1420. The highest BCUT2D eigenvalue weighted by Gasteiger charge is 2.13. The van der Waals surface area contributed by atoms with Gasteiger partial charge >= 0.3 is 0 Å². The third-order valence-electron chi connectivity index (χ3n) is 4.85. The number of rotatable bonds is 4. The molecule has 3 heterocycles. The minimum Gasteiger partial charge on any atom is -0.395 e. The first-order valence-corrected chi connectivity index (χ1v) is 9.78. The number of carbonyl (C=O) groups is 1. The van der Waals surface area contributed by atoms with E-state index in [2.05, 4.69) is 27.2 Å². The maximum absolute atomic E-state index is 12.2. The molecule has 9 heteroatoms. The lowest BCUT2D eigenvalue weighted by Gasteiger charge is -2.08. The molecule has 0 radical (unpaired) electrons. The van der Waals surface area contributed by atoms with Crippen molar-refractivity contribution in [2.75, 3.05) is 6.61 Å². The number of aromatic nitrogens is 3. The van der Waals surface area contributed by atoms with Gasteiger partial charge in [0.25, 0.3) is 11.5 Å². The van der Waals surface area contributed by atoms with Crippen molar-refractivity contribution in [2.24, 2.45) is 5.84 Å². The molecule has 4 aromatic rings. The predicted molar refractivity (Wildman–Crippen MR) is 128 cm³/mol. The Balaban J connectivity index is 0.00000306. The summed E-state index contributed by atoms with van der Waals surface area (Å²) < 4.78 is 1.42. The molecule has 3 aromatic heterocycles. The van der Waals surface area contributed by atoms with Crippen LogP contribution in [0.4, 0.5) is 0 Å².